The molecule has 0 radical (unpaired) electrons. The maximum absolute atomic E-state index is 12.9. The Morgan fingerprint density at radius 2 is 1.71 bits per heavy atom. The molecule has 184 valence electrons. The van der Waals surface area contributed by atoms with E-state index < -0.39 is 10.0 Å². The Bertz CT molecular complexity index is 1020. The molecule has 2 saturated heterocycles. The zero-order chi connectivity index (χ0) is 23.8. The Balaban J connectivity index is 1.24. The molecule has 4 rings (SSSR count). The second kappa shape index (κ2) is 11.8. The SMILES string of the molecule is O=C(NCc1ccc(N2CCOCC2)cc1)[C@H]1CCCN(S(=O)(=O)CCCc2ccccc2)C1. The standard InChI is InChI=1S/C26H35N3O4S/c30-26(27-20-23-10-12-25(13-11-23)28-15-17-33-18-16-28)24-9-4-14-29(21-24)34(31,32)19-5-8-22-6-2-1-3-7-22/h1-3,6-7,10-13,24H,4-5,8-9,14-21H2,(H,27,30)/t24-/m0/s1. The molecule has 0 spiro atoms. The van der Waals surface area contributed by atoms with Crippen molar-refractivity contribution in [2.45, 2.75) is 32.2 Å². The molecule has 2 heterocycles. The number of hydrogen-bond donors (Lipinski definition) is 1. The molecule has 2 aromatic rings. The Morgan fingerprint density at radius 3 is 2.44 bits per heavy atom. The summed E-state index contributed by atoms with van der Waals surface area (Å²) < 4.78 is 32.7. The molecule has 0 saturated carbocycles. The molecule has 2 aliphatic rings. The number of hydrogen-bond acceptors (Lipinski definition) is 5. The summed E-state index contributed by atoms with van der Waals surface area (Å²) in [5, 5.41) is 3.01. The number of nitrogens with one attached hydrogen (secondary N) is 1. The van der Waals surface area contributed by atoms with Gasteiger partial charge in [-0.05, 0) is 48.9 Å². The van der Waals surface area contributed by atoms with Crippen LogP contribution in [0.15, 0.2) is 54.6 Å². The van der Waals surface area contributed by atoms with Crippen molar-refractivity contribution in [1.82, 2.24) is 9.62 Å². The lowest BCUT2D eigenvalue weighted by atomic mass is 9.98. The smallest absolute Gasteiger partial charge is 0.224 e. The first kappa shape index (κ1) is 24.7. The molecule has 2 aliphatic heterocycles. The highest BCUT2D eigenvalue weighted by atomic mass is 32.2. The molecule has 0 unspecified atom stereocenters. The number of anilines is 1. The van der Waals surface area contributed by atoms with E-state index in [2.05, 4.69) is 22.3 Å². The lowest BCUT2D eigenvalue weighted by Crippen LogP contribution is -2.46. The van der Waals surface area contributed by atoms with Gasteiger partial charge in [-0.25, -0.2) is 12.7 Å². The predicted octanol–water partition coefficient (Wildman–Crippen LogP) is 2.81. The van der Waals surface area contributed by atoms with Gasteiger partial charge in [-0.15, -0.1) is 0 Å². The number of nitrogens with zero attached hydrogens (tertiary/aromatic N) is 2. The van der Waals surface area contributed by atoms with Crippen LogP contribution in [0.2, 0.25) is 0 Å². The number of morpholine rings is 1. The van der Waals surface area contributed by atoms with Crippen molar-refractivity contribution in [2.75, 3.05) is 50.0 Å². The van der Waals surface area contributed by atoms with Gasteiger partial charge in [0.15, 0.2) is 0 Å². The summed E-state index contributed by atoms with van der Waals surface area (Å²) in [6, 6.07) is 18.2. The molecule has 2 aromatic carbocycles. The Hall–Kier alpha value is -2.42. The number of sulfonamides is 1. The number of rotatable bonds is 9. The molecule has 0 aliphatic carbocycles. The quantitative estimate of drug-likeness (QED) is 0.591. The third-order valence-corrected chi connectivity index (χ3v) is 8.56. The molecular weight excluding hydrogens is 450 g/mol. The van der Waals surface area contributed by atoms with Gasteiger partial charge < -0.3 is 15.0 Å². The van der Waals surface area contributed by atoms with Gasteiger partial charge in [0, 0.05) is 38.4 Å². The Kier molecular flexibility index (Phi) is 8.59. The molecule has 7 nitrogen and oxygen atoms in total. The molecule has 8 heteroatoms. The molecular formula is C26H35N3O4S. The van der Waals surface area contributed by atoms with Crippen molar-refractivity contribution in [3.63, 3.8) is 0 Å². The molecule has 0 bridgehead atoms. The fourth-order valence-electron chi connectivity index (χ4n) is 4.62. The summed E-state index contributed by atoms with van der Waals surface area (Å²) in [7, 11) is -3.36. The highest BCUT2D eigenvalue weighted by molar-refractivity contribution is 7.89. The lowest BCUT2D eigenvalue weighted by Gasteiger charge is -2.31. The van der Waals surface area contributed by atoms with Crippen LogP contribution in [-0.4, -0.2) is 63.8 Å². The minimum atomic E-state index is -3.36. The van der Waals surface area contributed by atoms with E-state index in [0.29, 0.717) is 25.9 Å². The Morgan fingerprint density at radius 1 is 0.971 bits per heavy atom. The van der Waals surface area contributed by atoms with Gasteiger partial charge in [-0.2, -0.15) is 0 Å². The molecule has 0 aromatic heterocycles. The van der Waals surface area contributed by atoms with Crippen molar-refractivity contribution < 1.29 is 17.9 Å². The Labute approximate surface area is 203 Å². The number of amides is 1. The average Bonchev–Trinajstić information content (AvgIpc) is 2.89. The lowest BCUT2D eigenvalue weighted by molar-refractivity contribution is -0.126. The van der Waals surface area contributed by atoms with E-state index in [9.17, 15) is 13.2 Å². The normalized spacial score (nSPS) is 19.6. The highest BCUT2D eigenvalue weighted by Gasteiger charge is 2.32. The van der Waals surface area contributed by atoms with Gasteiger partial charge in [0.05, 0.1) is 24.9 Å². The summed E-state index contributed by atoms with van der Waals surface area (Å²) >= 11 is 0. The number of carbonyl (C=O) groups excluding carboxylic acids is 1. The first-order chi connectivity index (χ1) is 16.5. The van der Waals surface area contributed by atoms with Gasteiger partial charge >= 0.3 is 0 Å². The number of ether oxygens (including phenoxy) is 1. The second-order valence-corrected chi connectivity index (χ2v) is 11.2. The van der Waals surface area contributed by atoms with Crippen LogP contribution in [0.4, 0.5) is 5.69 Å². The minimum absolute atomic E-state index is 0.0681. The summed E-state index contributed by atoms with van der Waals surface area (Å²) in [6.07, 6.45) is 2.75. The van der Waals surface area contributed by atoms with E-state index >= 15 is 0 Å². The molecule has 2 fully saturated rings. The predicted molar refractivity (Wildman–Crippen MR) is 134 cm³/mol. The number of piperidine rings is 1. The summed E-state index contributed by atoms with van der Waals surface area (Å²) in [5.41, 5.74) is 3.34. The maximum Gasteiger partial charge on any atom is 0.224 e. The van der Waals surface area contributed by atoms with E-state index in [1.807, 2.05) is 42.5 Å². The number of carbonyl (C=O) groups is 1. The van der Waals surface area contributed by atoms with Crippen LogP contribution >= 0.6 is 0 Å². The van der Waals surface area contributed by atoms with Gasteiger partial charge in [0.1, 0.15) is 0 Å². The van der Waals surface area contributed by atoms with Gasteiger partial charge in [-0.1, -0.05) is 42.5 Å². The van der Waals surface area contributed by atoms with E-state index in [1.54, 1.807) is 0 Å². The first-order valence-electron chi connectivity index (χ1n) is 12.2. The van der Waals surface area contributed by atoms with Crippen LogP contribution in [0, 0.1) is 5.92 Å². The monoisotopic (exact) mass is 485 g/mol. The zero-order valence-electron chi connectivity index (χ0n) is 19.7. The minimum Gasteiger partial charge on any atom is -0.378 e. The fourth-order valence-corrected chi connectivity index (χ4v) is 6.20. The van der Waals surface area contributed by atoms with Crippen molar-refractivity contribution in [2.24, 2.45) is 5.92 Å². The van der Waals surface area contributed by atoms with Crippen molar-refractivity contribution >= 4 is 21.6 Å². The van der Waals surface area contributed by atoms with E-state index in [1.165, 1.54) is 9.99 Å². The van der Waals surface area contributed by atoms with E-state index in [4.69, 9.17) is 4.74 Å². The second-order valence-electron chi connectivity index (χ2n) is 9.09. The van der Waals surface area contributed by atoms with Gasteiger partial charge in [0.2, 0.25) is 15.9 Å². The number of aryl methyl sites for hydroxylation is 1. The third kappa shape index (κ3) is 6.81. The van der Waals surface area contributed by atoms with Crippen LogP contribution in [0.3, 0.4) is 0 Å². The fraction of sp³-hybridized carbons (Fsp3) is 0.500. The molecule has 1 N–H and O–H groups in total. The van der Waals surface area contributed by atoms with E-state index in [-0.39, 0.29) is 24.1 Å². The van der Waals surface area contributed by atoms with Crippen LogP contribution in [0.1, 0.15) is 30.4 Å². The van der Waals surface area contributed by atoms with Crippen LogP contribution < -0.4 is 10.2 Å². The average molecular weight is 486 g/mol. The molecule has 34 heavy (non-hydrogen) atoms. The molecule has 1 atom stereocenters. The van der Waals surface area contributed by atoms with Crippen molar-refractivity contribution in [1.29, 1.82) is 0 Å². The van der Waals surface area contributed by atoms with Gasteiger partial charge in [0.25, 0.3) is 0 Å². The number of benzene rings is 2. The molecule has 1 amide bonds. The van der Waals surface area contributed by atoms with Gasteiger partial charge in [-0.3, -0.25) is 4.79 Å². The first-order valence-corrected chi connectivity index (χ1v) is 13.8. The van der Waals surface area contributed by atoms with E-state index in [0.717, 1.165) is 50.3 Å². The summed E-state index contributed by atoms with van der Waals surface area (Å²) in [4.78, 5) is 15.1. The maximum atomic E-state index is 12.9. The van der Waals surface area contributed by atoms with Crippen molar-refractivity contribution in [3.05, 3.63) is 65.7 Å². The third-order valence-electron chi connectivity index (χ3n) is 6.64. The van der Waals surface area contributed by atoms with Crippen LogP contribution in [0.25, 0.3) is 0 Å². The van der Waals surface area contributed by atoms with Crippen molar-refractivity contribution in [3.8, 4) is 0 Å². The zero-order valence-corrected chi connectivity index (χ0v) is 20.5. The highest BCUT2D eigenvalue weighted by Crippen LogP contribution is 2.21. The summed E-state index contributed by atoms with van der Waals surface area (Å²) in [6.45, 7) is 4.50. The van der Waals surface area contributed by atoms with Crippen LogP contribution in [-0.2, 0) is 32.5 Å². The largest absolute Gasteiger partial charge is 0.378 e. The van der Waals surface area contributed by atoms with Crippen LogP contribution in [0.5, 0.6) is 0 Å². The topological polar surface area (TPSA) is 79.0 Å². The summed E-state index contributed by atoms with van der Waals surface area (Å²) in [5.74, 6) is -0.252.